The zero-order valence-electron chi connectivity index (χ0n) is 25.5. The molecule has 9 heteroatoms. The Morgan fingerprint density at radius 1 is 0.932 bits per heavy atom. The van der Waals surface area contributed by atoms with E-state index in [4.69, 9.17) is 18.9 Å². The number of carbonyl (C=O) groups excluding carboxylic acids is 1. The maximum Gasteiger partial charge on any atom is 0.410 e. The van der Waals surface area contributed by atoms with Gasteiger partial charge in [-0.2, -0.15) is 0 Å². The summed E-state index contributed by atoms with van der Waals surface area (Å²) in [5.74, 6) is 0.150. The third-order valence-corrected chi connectivity index (χ3v) is 11.0. The zero-order valence-corrected chi connectivity index (χ0v) is 26.3. The highest BCUT2D eigenvalue weighted by molar-refractivity contribution is 7.92. The van der Waals surface area contributed by atoms with Crippen LogP contribution in [0.5, 0.6) is 5.75 Å². The fourth-order valence-electron chi connectivity index (χ4n) is 6.21. The van der Waals surface area contributed by atoms with E-state index in [1.165, 1.54) is 0 Å². The first-order valence-corrected chi connectivity index (χ1v) is 17.1. The first-order valence-electron chi connectivity index (χ1n) is 15.6. The maximum absolute atomic E-state index is 13.0. The topological polar surface area (TPSA) is 91.4 Å². The van der Waals surface area contributed by atoms with Crippen LogP contribution in [0.3, 0.4) is 0 Å². The fourth-order valence-corrected chi connectivity index (χ4v) is 8.13. The van der Waals surface area contributed by atoms with Crippen LogP contribution in [0.4, 0.5) is 4.79 Å². The smallest absolute Gasteiger partial charge is 0.410 e. The summed E-state index contributed by atoms with van der Waals surface area (Å²) in [6.07, 6.45) is 4.23. The Labute approximate surface area is 260 Å². The lowest BCUT2D eigenvalue weighted by atomic mass is 10.0. The lowest BCUT2D eigenvalue weighted by Gasteiger charge is -2.32. The van der Waals surface area contributed by atoms with E-state index >= 15 is 0 Å². The van der Waals surface area contributed by atoms with Crippen molar-refractivity contribution in [2.45, 2.75) is 87.6 Å². The molecule has 1 aliphatic carbocycles. The quantitative estimate of drug-likeness (QED) is 0.225. The average Bonchev–Trinajstić information content (AvgIpc) is 3.69. The second kappa shape index (κ2) is 12.9. The monoisotopic (exact) mass is 619 g/mol. The molecule has 3 aromatic carbocycles. The van der Waals surface area contributed by atoms with Crippen molar-refractivity contribution in [2.75, 3.05) is 19.7 Å². The van der Waals surface area contributed by atoms with E-state index in [-0.39, 0.29) is 17.4 Å². The summed E-state index contributed by atoms with van der Waals surface area (Å²) < 4.78 is 49.3. The van der Waals surface area contributed by atoms with Gasteiger partial charge in [-0.25, -0.2) is 13.2 Å². The van der Waals surface area contributed by atoms with Gasteiger partial charge in [0.1, 0.15) is 11.9 Å². The molecule has 44 heavy (non-hydrogen) atoms. The number of ether oxygens (including phenoxy) is 4. The molecule has 1 amide bonds. The molecule has 234 valence electrons. The molecule has 0 spiro atoms. The van der Waals surface area contributed by atoms with E-state index in [0.29, 0.717) is 50.6 Å². The van der Waals surface area contributed by atoms with Gasteiger partial charge in [-0.05, 0) is 72.2 Å². The zero-order chi connectivity index (χ0) is 30.7. The molecule has 6 rings (SSSR count). The molecule has 2 heterocycles. The first-order chi connectivity index (χ1) is 21.2. The predicted octanol–water partition coefficient (Wildman–Crippen LogP) is 6.54. The summed E-state index contributed by atoms with van der Waals surface area (Å²) >= 11 is 0. The van der Waals surface area contributed by atoms with Crippen LogP contribution in [0.15, 0.2) is 71.6 Å². The summed E-state index contributed by atoms with van der Waals surface area (Å²) in [4.78, 5) is 14.8. The van der Waals surface area contributed by atoms with Crippen LogP contribution in [-0.2, 0) is 50.1 Å². The van der Waals surface area contributed by atoms with Crippen molar-refractivity contribution in [1.82, 2.24) is 4.90 Å². The Balaban J connectivity index is 0.971. The molecule has 3 aromatic rings. The van der Waals surface area contributed by atoms with Crippen LogP contribution in [0, 0.1) is 0 Å². The standard InChI is InChI=1S/C35H41NO7S/c1-35(2)41-24-29-21-28(13-14-32(29)43-35)33-22-36(34(37)42-33)17-15-25-7-5-9-27(19-25)23-40-18-16-26-8-6-12-31(20-26)44(38,39)30-10-3-4-11-30/h5-9,12-14,19-21,30,33H,3-4,10-11,15-18,22-24H2,1-2H3/t33-/m0/s1. The van der Waals surface area contributed by atoms with Gasteiger partial charge in [-0.15, -0.1) is 0 Å². The van der Waals surface area contributed by atoms with Gasteiger partial charge in [0, 0.05) is 26.0 Å². The van der Waals surface area contributed by atoms with Crippen LogP contribution < -0.4 is 4.74 Å². The molecule has 2 fully saturated rings. The summed E-state index contributed by atoms with van der Waals surface area (Å²) in [7, 11) is -3.26. The summed E-state index contributed by atoms with van der Waals surface area (Å²) in [5, 5.41) is -0.244. The van der Waals surface area contributed by atoms with E-state index in [1.54, 1.807) is 17.0 Å². The van der Waals surface area contributed by atoms with E-state index < -0.39 is 15.6 Å². The number of sulfone groups is 1. The molecule has 0 radical (unpaired) electrons. The molecule has 8 nitrogen and oxygen atoms in total. The SMILES string of the molecule is CC1(C)OCc2cc([C@@H]3CN(CCc4cccc(COCCc5cccc(S(=O)(=O)C6CCCC6)c5)c4)C(=O)O3)ccc2O1. The van der Waals surface area contributed by atoms with Crippen LogP contribution >= 0.6 is 0 Å². The molecule has 3 aliphatic rings. The summed E-state index contributed by atoms with van der Waals surface area (Å²) in [6.45, 7) is 6.25. The van der Waals surface area contributed by atoms with Crippen LogP contribution in [0.2, 0.25) is 0 Å². The Morgan fingerprint density at radius 3 is 2.50 bits per heavy atom. The highest BCUT2D eigenvalue weighted by Crippen LogP contribution is 2.35. The van der Waals surface area contributed by atoms with Crippen molar-refractivity contribution in [3.63, 3.8) is 0 Å². The molecule has 2 aliphatic heterocycles. The first kappa shape index (κ1) is 30.6. The molecule has 0 bridgehead atoms. The van der Waals surface area contributed by atoms with Crippen molar-refractivity contribution in [3.05, 3.63) is 94.5 Å². The maximum atomic E-state index is 13.0. The number of nitrogens with zero attached hydrogens (tertiary/aromatic N) is 1. The Hall–Kier alpha value is -3.40. The second-order valence-corrected chi connectivity index (χ2v) is 14.7. The predicted molar refractivity (Wildman–Crippen MR) is 166 cm³/mol. The molecule has 1 atom stereocenters. The van der Waals surface area contributed by atoms with Gasteiger partial charge in [0.15, 0.2) is 9.84 Å². The van der Waals surface area contributed by atoms with Gasteiger partial charge in [0.05, 0.1) is 36.5 Å². The molecule has 1 saturated heterocycles. The number of amides is 1. The normalized spacial score (nSPS) is 19.9. The van der Waals surface area contributed by atoms with Crippen molar-refractivity contribution in [3.8, 4) is 5.75 Å². The molecule has 1 saturated carbocycles. The lowest BCUT2D eigenvalue weighted by Crippen LogP contribution is -2.35. The Kier molecular flexibility index (Phi) is 8.98. The average molecular weight is 620 g/mol. The van der Waals surface area contributed by atoms with Gasteiger partial charge >= 0.3 is 6.09 Å². The van der Waals surface area contributed by atoms with E-state index in [1.807, 2.05) is 56.3 Å². The number of hydrogen-bond acceptors (Lipinski definition) is 7. The van der Waals surface area contributed by atoms with Crippen LogP contribution in [0.1, 0.15) is 73.5 Å². The number of cyclic esters (lactones) is 1. The number of carbonyl (C=O) groups is 1. The van der Waals surface area contributed by atoms with Gasteiger partial charge in [-0.3, -0.25) is 0 Å². The van der Waals surface area contributed by atoms with Crippen molar-refractivity contribution in [2.24, 2.45) is 0 Å². The number of hydrogen-bond donors (Lipinski definition) is 0. The molecule has 0 N–H and O–H groups in total. The minimum Gasteiger partial charge on any atom is -0.463 e. The largest absolute Gasteiger partial charge is 0.463 e. The van der Waals surface area contributed by atoms with Gasteiger partial charge < -0.3 is 23.8 Å². The summed E-state index contributed by atoms with van der Waals surface area (Å²) in [6, 6.07) is 21.4. The Morgan fingerprint density at radius 2 is 1.68 bits per heavy atom. The van der Waals surface area contributed by atoms with Crippen LogP contribution in [-0.4, -0.2) is 50.1 Å². The van der Waals surface area contributed by atoms with Gasteiger partial charge in [-0.1, -0.05) is 55.3 Å². The molecular formula is C35H41NO7S. The van der Waals surface area contributed by atoms with Crippen LogP contribution in [0.25, 0.3) is 0 Å². The number of rotatable bonds is 11. The van der Waals surface area contributed by atoms with E-state index in [2.05, 4.69) is 12.1 Å². The van der Waals surface area contributed by atoms with Gasteiger partial charge in [0.2, 0.25) is 5.79 Å². The third-order valence-electron chi connectivity index (χ3n) is 8.71. The lowest BCUT2D eigenvalue weighted by molar-refractivity contribution is -0.180. The molecule has 0 unspecified atom stereocenters. The number of benzene rings is 3. The highest BCUT2D eigenvalue weighted by atomic mass is 32.2. The second-order valence-electron chi connectivity index (χ2n) is 12.4. The fraction of sp³-hybridized carbons (Fsp3) is 0.457. The highest BCUT2D eigenvalue weighted by Gasteiger charge is 2.34. The third kappa shape index (κ3) is 7.11. The Bertz CT molecular complexity index is 1600. The summed E-state index contributed by atoms with van der Waals surface area (Å²) in [5.41, 5.74) is 5.04. The van der Waals surface area contributed by atoms with Crippen molar-refractivity contribution >= 4 is 15.9 Å². The molecule has 0 aromatic heterocycles. The minimum atomic E-state index is -3.26. The van der Waals surface area contributed by atoms with Crippen molar-refractivity contribution in [1.29, 1.82) is 0 Å². The van der Waals surface area contributed by atoms with Crippen molar-refractivity contribution < 1.29 is 32.2 Å². The van der Waals surface area contributed by atoms with Gasteiger partial charge in [0.25, 0.3) is 0 Å². The number of fused-ring (bicyclic) bond motifs is 1. The minimum absolute atomic E-state index is 0.244. The molecular weight excluding hydrogens is 578 g/mol. The van der Waals surface area contributed by atoms with E-state index in [0.717, 1.165) is 59.3 Å². The van der Waals surface area contributed by atoms with E-state index in [9.17, 15) is 13.2 Å².